The highest BCUT2D eigenvalue weighted by Gasteiger charge is 2.37. The third-order valence-corrected chi connectivity index (χ3v) is 5.45. The van der Waals surface area contributed by atoms with Gasteiger partial charge in [0.1, 0.15) is 0 Å². The van der Waals surface area contributed by atoms with Gasteiger partial charge >= 0.3 is 0 Å². The van der Waals surface area contributed by atoms with Crippen molar-refractivity contribution in [3.05, 3.63) is 0 Å². The molecule has 19 heavy (non-hydrogen) atoms. The molecule has 1 heterocycles. The van der Waals surface area contributed by atoms with Gasteiger partial charge < -0.3 is 5.32 Å². The Bertz CT molecular complexity index is 270. The molecule has 112 valence electrons. The summed E-state index contributed by atoms with van der Waals surface area (Å²) >= 11 is 0. The molecule has 0 bridgehead atoms. The summed E-state index contributed by atoms with van der Waals surface area (Å²) in [5.74, 6) is 1.78. The molecule has 2 unspecified atom stereocenters. The van der Waals surface area contributed by atoms with E-state index in [2.05, 4.69) is 37.9 Å². The molecular formula is C17H34N2. The summed E-state index contributed by atoms with van der Waals surface area (Å²) < 4.78 is 0. The van der Waals surface area contributed by atoms with Gasteiger partial charge in [-0.3, -0.25) is 4.90 Å². The predicted octanol–water partition coefficient (Wildman–Crippen LogP) is 3.67. The first-order chi connectivity index (χ1) is 9.03. The van der Waals surface area contributed by atoms with Gasteiger partial charge in [0.15, 0.2) is 0 Å². The summed E-state index contributed by atoms with van der Waals surface area (Å²) in [5.41, 5.74) is 0.385. The van der Waals surface area contributed by atoms with Crippen LogP contribution in [0.3, 0.4) is 0 Å². The molecule has 1 N–H and O–H groups in total. The second-order valence-corrected chi connectivity index (χ2v) is 7.61. The van der Waals surface area contributed by atoms with Crippen molar-refractivity contribution in [1.29, 1.82) is 0 Å². The van der Waals surface area contributed by atoms with Crippen molar-refractivity contribution in [3.63, 3.8) is 0 Å². The van der Waals surface area contributed by atoms with E-state index in [0.29, 0.717) is 11.6 Å². The van der Waals surface area contributed by atoms with Crippen molar-refractivity contribution in [2.24, 2.45) is 11.8 Å². The normalized spacial score (nSPS) is 34.3. The average molecular weight is 266 g/mol. The van der Waals surface area contributed by atoms with Crippen LogP contribution in [0.1, 0.15) is 66.2 Å². The van der Waals surface area contributed by atoms with Crippen LogP contribution < -0.4 is 5.32 Å². The summed E-state index contributed by atoms with van der Waals surface area (Å²) in [6, 6.07) is 0.709. The Labute approximate surface area is 120 Å². The van der Waals surface area contributed by atoms with E-state index < -0.39 is 0 Å². The molecular weight excluding hydrogens is 232 g/mol. The van der Waals surface area contributed by atoms with Crippen molar-refractivity contribution in [1.82, 2.24) is 10.2 Å². The highest BCUT2D eigenvalue weighted by molar-refractivity contribution is 4.96. The van der Waals surface area contributed by atoms with Crippen LogP contribution >= 0.6 is 0 Å². The number of nitrogens with zero attached hydrogens (tertiary/aromatic N) is 1. The quantitative estimate of drug-likeness (QED) is 0.817. The van der Waals surface area contributed by atoms with Crippen LogP contribution in [-0.2, 0) is 0 Å². The number of hydrogen-bond acceptors (Lipinski definition) is 2. The summed E-state index contributed by atoms with van der Waals surface area (Å²) in [4.78, 5) is 2.83. The van der Waals surface area contributed by atoms with E-state index in [9.17, 15) is 0 Å². The topological polar surface area (TPSA) is 15.3 Å². The monoisotopic (exact) mass is 266 g/mol. The van der Waals surface area contributed by atoms with Gasteiger partial charge in [-0.2, -0.15) is 0 Å². The molecule has 0 aromatic heterocycles. The van der Waals surface area contributed by atoms with Gasteiger partial charge in [-0.05, 0) is 44.4 Å². The molecule has 0 aromatic rings. The zero-order valence-corrected chi connectivity index (χ0v) is 13.5. The first-order valence-corrected chi connectivity index (χ1v) is 8.52. The van der Waals surface area contributed by atoms with Gasteiger partial charge in [0.2, 0.25) is 0 Å². The molecule has 2 heteroatoms. The molecule has 0 radical (unpaired) electrons. The van der Waals surface area contributed by atoms with Crippen molar-refractivity contribution in [2.75, 3.05) is 19.6 Å². The van der Waals surface area contributed by atoms with Gasteiger partial charge in [0.05, 0.1) is 0 Å². The average Bonchev–Trinajstić information content (AvgIpc) is 2.86. The lowest BCUT2D eigenvalue weighted by atomic mass is 9.88. The second-order valence-electron chi connectivity index (χ2n) is 7.61. The minimum Gasteiger partial charge on any atom is -0.311 e. The van der Waals surface area contributed by atoms with Crippen LogP contribution in [0, 0.1) is 11.8 Å². The van der Waals surface area contributed by atoms with Gasteiger partial charge in [0, 0.05) is 31.2 Å². The van der Waals surface area contributed by atoms with Crippen LogP contribution in [0.5, 0.6) is 0 Å². The minimum absolute atomic E-state index is 0.385. The maximum absolute atomic E-state index is 3.81. The first-order valence-electron chi connectivity index (χ1n) is 8.52. The van der Waals surface area contributed by atoms with Crippen molar-refractivity contribution in [3.8, 4) is 0 Å². The van der Waals surface area contributed by atoms with E-state index in [-0.39, 0.29) is 0 Å². The lowest BCUT2D eigenvalue weighted by molar-refractivity contribution is 0.0314. The standard InChI is InChI=1S/C17H34N2/c1-5-17(4)13-18-16(10-14(2)3)12-19(17)11-15-8-6-7-9-15/h14-16,18H,5-13H2,1-4H3. The molecule has 2 fully saturated rings. The number of rotatable bonds is 5. The molecule has 1 aliphatic heterocycles. The van der Waals surface area contributed by atoms with Crippen LogP contribution in [0.2, 0.25) is 0 Å². The van der Waals surface area contributed by atoms with Crippen LogP contribution in [-0.4, -0.2) is 36.1 Å². The Morgan fingerprint density at radius 2 is 1.95 bits per heavy atom. The fraction of sp³-hybridized carbons (Fsp3) is 1.00. The Morgan fingerprint density at radius 3 is 2.53 bits per heavy atom. The molecule has 1 saturated heterocycles. The Hall–Kier alpha value is -0.0800. The summed E-state index contributed by atoms with van der Waals surface area (Å²) in [5, 5.41) is 3.81. The zero-order valence-electron chi connectivity index (χ0n) is 13.5. The third-order valence-electron chi connectivity index (χ3n) is 5.45. The largest absolute Gasteiger partial charge is 0.311 e. The molecule has 0 amide bonds. The Kier molecular flexibility index (Phi) is 5.30. The molecule has 2 aliphatic rings. The predicted molar refractivity (Wildman–Crippen MR) is 83.5 cm³/mol. The fourth-order valence-corrected chi connectivity index (χ4v) is 3.90. The summed E-state index contributed by atoms with van der Waals surface area (Å²) in [6.07, 6.45) is 8.46. The number of piperazine rings is 1. The van der Waals surface area contributed by atoms with Gasteiger partial charge in [0.25, 0.3) is 0 Å². The molecule has 2 atom stereocenters. The molecule has 1 saturated carbocycles. The van der Waals surface area contributed by atoms with E-state index >= 15 is 0 Å². The fourth-order valence-electron chi connectivity index (χ4n) is 3.90. The summed E-state index contributed by atoms with van der Waals surface area (Å²) in [7, 11) is 0. The second kappa shape index (κ2) is 6.58. The van der Waals surface area contributed by atoms with Crippen molar-refractivity contribution >= 4 is 0 Å². The number of hydrogen-bond donors (Lipinski definition) is 1. The van der Waals surface area contributed by atoms with Gasteiger partial charge in [-0.1, -0.05) is 33.6 Å². The molecule has 0 aromatic carbocycles. The zero-order chi connectivity index (χ0) is 13.9. The Balaban J connectivity index is 1.95. The van der Waals surface area contributed by atoms with Crippen molar-refractivity contribution in [2.45, 2.75) is 77.8 Å². The van der Waals surface area contributed by atoms with E-state index in [0.717, 1.165) is 11.8 Å². The van der Waals surface area contributed by atoms with Crippen LogP contribution in [0.4, 0.5) is 0 Å². The van der Waals surface area contributed by atoms with Crippen molar-refractivity contribution < 1.29 is 0 Å². The van der Waals surface area contributed by atoms with E-state index in [1.54, 1.807) is 0 Å². The van der Waals surface area contributed by atoms with Gasteiger partial charge in [-0.15, -0.1) is 0 Å². The highest BCUT2D eigenvalue weighted by Crippen LogP contribution is 2.31. The number of nitrogens with one attached hydrogen (secondary N) is 1. The third kappa shape index (κ3) is 3.95. The maximum Gasteiger partial charge on any atom is 0.0304 e. The molecule has 2 rings (SSSR count). The molecule has 2 nitrogen and oxygen atoms in total. The molecule has 0 spiro atoms. The van der Waals surface area contributed by atoms with E-state index in [4.69, 9.17) is 0 Å². The molecule has 1 aliphatic carbocycles. The van der Waals surface area contributed by atoms with E-state index in [1.807, 2.05) is 0 Å². The highest BCUT2D eigenvalue weighted by atomic mass is 15.3. The maximum atomic E-state index is 3.81. The SMILES string of the molecule is CCC1(C)CNC(CC(C)C)CN1CC1CCCC1. The van der Waals surface area contributed by atoms with Gasteiger partial charge in [-0.25, -0.2) is 0 Å². The summed E-state index contributed by atoms with van der Waals surface area (Å²) in [6.45, 7) is 13.3. The van der Waals surface area contributed by atoms with Crippen LogP contribution in [0.15, 0.2) is 0 Å². The van der Waals surface area contributed by atoms with Crippen LogP contribution in [0.25, 0.3) is 0 Å². The lowest BCUT2D eigenvalue weighted by Crippen LogP contribution is -2.63. The lowest BCUT2D eigenvalue weighted by Gasteiger charge is -2.49. The minimum atomic E-state index is 0.385. The Morgan fingerprint density at radius 1 is 1.26 bits per heavy atom. The smallest absolute Gasteiger partial charge is 0.0304 e. The first kappa shape index (κ1) is 15.3. The van der Waals surface area contributed by atoms with E-state index in [1.165, 1.54) is 58.2 Å².